The molecule has 0 fully saturated rings. The van der Waals surface area contributed by atoms with Gasteiger partial charge in [-0.1, -0.05) is 0 Å². The maximum absolute atomic E-state index is 12.6. The lowest BCUT2D eigenvalue weighted by Crippen LogP contribution is -2.25. The zero-order chi connectivity index (χ0) is 12.2. The maximum atomic E-state index is 12.6. The molecule has 0 aliphatic heterocycles. The van der Waals surface area contributed by atoms with E-state index >= 15 is 0 Å². The molecule has 1 unspecified atom stereocenters. The molecule has 0 aliphatic carbocycles. The molecule has 0 aromatic carbocycles. The molecule has 1 aromatic rings. The Hall–Kier alpha value is -1.01. The molecule has 0 radical (unpaired) electrons. The summed E-state index contributed by atoms with van der Waals surface area (Å²) in [4.78, 5) is 3.91. The summed E-state index contributed by atoms with van der Waals surface area (Å²) in [5.74, 6) is -0.300. The third kappa shape index (κ3) is 4.67. The van der Waals surface area contributed by atoms with E-state index in [9.17, 15) is 12.8 Å². The SMILES string of the molecule is CC(NCCS(C)(=O)=O)c1ccc(F)cn1. The number of sulfone groups is 1. The highest BCUT2D eigenvalue weighted by molar-refractivity contribution is 7.90. The molecule has 0 amide bonds. The van der Waals surface area contributed by atoms with E-state index in [4.69, 9.17) is 0 Å². The molecule has 90 valence electrons. The molecule has 16 heavy (non-hydrogen) atoms. The van der Waals surface area contributed by atoms with Crippen molar-refractivity contribution in [3.63, 3.8) is 0 Å². The third-order valence-electron chi connectivity index (χ3n) is 2.12. The number of halogens is 1. The first kappa shape index (κ1) is 13.1. The molecule has 1 rings (SSSR count). The third-order valence-corrected chi connectivity index (χ3v) is 3.06. The number of aromatic nitrogens is 1. The Morgan fingerprint density at radius 3 is 2.69 bits per heavy atom. The van der Waals surface area contributed by atoms with Crippen LogP contribution in [0.3, 0.4) is 0 Å². The van der Waals surface area contributed by atoms with Gasteiger partial charge in [0, 0.05) is 18.8 Å². The second kappa shape index (κ2) is 5.36. The lowest BCUT2D eigenvalue weighted by Gasteiger charge is -2.12. The number of nitrogens with one attached hydrogen (secondary N) is 1. The molecule has 1 atom stereocenters. The van der Waals surface area contributed by atoms with Crippen molar-refractivity contribution in [1.82, 2.24) is 10.3 Å². The Morgan fingerprint density at radius 1 is 1.50 bits per heavy atom. The summed E-state index contributed by atoms with van der Waals surface area (Å²) >= 11 is 0. The topological polar surface area (TPSA) is 59.1 Å². The van der Waals surface area contributed by atoms with Crippen LogP contribution in [0, 0.1) is 5.82 Å². The van der Waals surface area contributed by atoms with Crippen LogP contribution in [0.4, 0.5) is 4.39 Å². The summed E-state index contributed by atoms with van der Waals surface area (Å²) in [6.07, 6.45) is 2.33. The van der Waals surface area contributed by atoms with Crippen molar-refractivity contribution in [1.29, 1.82) is 0 Å². The van der Waals surface area contributed by atoms with Crippen LogP contribution in [0.25, 0.3) is 0 Å². The Labute approximate surface area is 94.8 Å². The fraction of sp³-hybridized carbons (Fsp3) is 0.500. The monoisotopic (exact) mass is 246 g/mol. The van der Waals surface area contributed by atoms with Gasteiger partial charge in [0.2, 0.25) is 0 Å². The van der Waals surface area contributed by atoms with Gasteiger partial charge < -0.3 is 5.32 Å². The summed E-state index contributed by atoms with van der Waals surface area (Å²) in [5, 5.41) is 3.01. The van der Waals surface area contributed by atoms with Gasteiger partial charge in [0.1, 0.15) is 15.7 Å². The molecule has 1 N–H and O–H groups in total. The van der Waals surface area contributed by atoms with Crippen LogP contribution in [0.1, 0.15) is 18.7 Å². The first-order valence-electron chi connectivity index (χ1n) is 4.91. The molecule has 1 heterocycles. The van der Waals surface area contributed by atoms with E-state index in [-0.39, 0.29) is 17.6 Å². The smallest absolute Gasteiger partial charge is 0.148 e. The molecule has 0 aliphatic rings. The average Bonchev–Trinajstić information content (AvgIpc) is 2.16. The Morgan fingerprint density at radius 2 is 2.19 bits per heavy atom. The predicted octanol–water partition coefficient (Wildman–Crippen LogP) is 0.916. The lowest BCUT2D eigenvalue weighted by atomic mass is 10.2. The van der Waals surface area contributed by atoms with Crippen molar-refractivity contribution >= 4 is 9.84 Å². The Balaban J connectivity index is 2.47. The molecule has 0 saturated heterocycles. The largest absolute Gasteiger partial charge is 0.308 e. The van der Waals surface area contributed by atoms with E-state index < -0.39 is 9.84 Å². The molecule has 4 nitrogen and oxygen atoms in total. The van der Waals surface area contributed by atoms with E-state index in [0.717, 1.165) is 6.20 Å². The van der Waals surface area contributed by atoms with E-state index in [1.807, 2.05) is 6.92 Å². The van der Waals surface area contributed by atoms with Gasteiger partial charge in [-0.05, 0) is 19.1 Å². The van der Waals surface area contributed by atoms with Gasteiger partial charge in [-0.25, -0.2) is 12.8 Å². The number of hydrogen-bond acceptors (Lipinski definition) is 4. The number of rotatable bonds is 5. The zero-order valence-electron chi connectivity index (χ0n) is 9.27. The van der Waals surface area contributed by atoms with Crippen molar-refractivity contribution < 1.29 is 12.8 Å². The van der Waals surface area contributed by atoms with E-state index in [1.165, 1.54) is 12.3 Å². The summed E-state index contributed by atoms with van der Waals surface area (Å²) < 4.78 is 34.4. The summed E-state index contributed by atoms with van der Waals surface area (Å²) in [7, 11) is -2.95. The van der Waals surface area contributed by atoms with Crippen molar-refractivity contribution in [2.45, 2.75) is 13.0 Å². The van der Waals surface area contributed by atoms with Gasteiger partial charge in [-0.3, -0.25) is 4.98 Å². The first-order chi connectivity index (χ1) is 7.38. The minimum Gasteiger partial charge on any atom is -0.308 e. The highest BCUT2D eigenvalue weighted by Crippen LogP contribution is 2.08. The van der Waals surface area contributed by atoms with Crippen LogP contribution in [-0.2, 0) is 9.84 Å². The van der Waals surface area contributed by atoms with E-state index in [1.54, 1.807) is 6.07 Å². The van der Waals surface area contributed by atoms with Crippen molar-refractivity contribution in [2.75, 3.05) is 18.6 Å². The van der Waals surface area contributed by atoms with E-state index in [2.05, 4.69) is 10.3 Å². The number of pyridine rings is 1. The highest BCUT2D eigenvalue weighted by atomic mass is 32.2. The molecular formula is C10H15FN2O2S. The van der Waals surface area contributed by atoms with E-state index in [0.29, 0.717) is 12.2 Å². The summed E-state index contributed by atoms with van der Waals surface area (Å²) in [6, 6.07) is 2.81. The minimum absolute atomic E-state index is 0.0819. The second-order valence-corrected chi connectivity index (χ2v) is 5.97. The second-order valence-electron chi connectivity index (χ2n) is 3.71. The van der Waals surface area contributed by atoms with Gasteiger partial charge in [-0.15, -0.1) is 0 Å². The zero-order valence-corrected chi connectivity index (χ0v) is 10.1. The van der Waals surface area contributed by atoms with Crippen LogP contribution in [0.2, 0.25) is 0 Å². The van der Waals surface area contributed by atoms with Crippen molar-refractivity contribution in [3.05, 3.63) is 29.8 Å². The number of hydrogen-bond donors (Lipinski definition) is 1. The fourth-order valence-electron chi connectivity index (χ4n) is 1.21. The van der Waals surface area contributed by atoms with Gasteiger partial charge in [0.05, 0.1) is 17.6 Å². The molecule has 0 spiro atoms. The highest BCUT2D eigenvalue weighted by Gasteiger charge is 2.08. The minimum atomic E-state index is -2.95. The molecule has 1 aromatic heterocycles. The number of nitrogens with zero attached hydrogens (tertiary/aromatic N) is 1. The quantitative estimate of drug-likeness (QED) is 0.839. The van der Waals surface area contributed by atoms with Gasteiger partial charge in [0.15, 0.2) is 0 Å². The Bertz CT molecular complexity index is 431. The fourth-order valence-corrected chi connectivity index (χ4v) is 1.70. The van der Waals surface area contributed by atoms with Crippen LogP contribution in [0.5, 0.6) is 0 Å². The van der Waals surface area contributed by atoms with Crippen LogP contribution in [-0.4, -0.2) is 32.0 Å². The van der Waals surface area contributed by atoms with Gasteiger partial charge in [-0.2, -0.15) is 0 Å². The van der Waals surface area contributed by atoms with Gasteiger partial charge >= 0.3 is 0 Å². The summed E-state index contributed by atoms with van der Waals surface area (Å²) in [5.41, 5.74) is 0.690. The average molecular weight is 246 g/mol. The first-order valence-corrected chi connectivity index (χ1v) is 6.97. The molecule has 6 heteroatoms. The standard InChI is InChI=1S/C10H15FN2O2S/c1-8(12-5-6-16(2,14)15)10-4-3-9(11)7-13-10/h3-4,7-8,12H,5-6H2,1-2H3. The maximum Gasteiger partial charge on any atom is 0.148 e. The van der Waals surface area contributed by atoms with Crippen molar-refractivity contribution in [3.8, 4) is 0 Å². The molecule has 0 saturated carbocycles. The van der Waals surface area contributed by atoms with Crippen LogP contribution < -0.4 is 5.32 Å². The van der Waals surface area contributed by atoms with Crippen molar-refractivity contribution in [2.24, 2.45) is 0 Å². The normalized spacial score (nSPS) is 13.7. The lowest BCUT2D eigenvalue weighted by molar-refractivity contribution is 0.562. The van der Waals surface area contributed by atoms with Crippen LogP contribution >= 0.6 is 0 Å². The molecule has 0 bridgehead atoms. The molecular weight excluding hydrogens is 231 g/mol. The van der Waals surface area contributed by atoms with Gasteiger partial charge in [0.25, 0.3) is 0 Å². The predicted molar refractivity (Wildman–Crippen MR) is 60.3 cm³/mol. The Kier molecular flexibility index (Phi) is 4.37. The summed E-state index contributed by atoms with van der Waals surface area (Å²) in [6.45, 7) is 2.21. The van der Waals surface area contributed by atoms with Crippen LogP contribution in [0.15, 0.2) is 18.3 Å².